The minimum atomic E-state index is -0.710. The lowest BCUT2D eigenvalue weighted by atomic mass is 9.93. The van der Waals surface area contributed by atoms with Crippen LogP contribution in [0.2, 0.25) is 0 Å². The van der Waals surface area contributed by atoms with Crippen LogP contribution in [0.3, 0.4) is 0 Å². The van der Waals surface area contributed by atoms with Crippen molar-refractivity contribution in [2.24, 2.45) is 4.99 Å². The van der Waals surface area contributed by atoms with Crippen molar-refractivity contribution < 1.29 is 19.0 Å². The number of hydrogen-bond acceptors (Lipinski definition) is 7. The average Bonchev–Trinajstić information content (AvgIpc) is 3.30. The molecule has 0 radical (unpaired) electrons. The number of rotatable bonds is 9. The third-order valence-electron chi connectivity index (χ3n) is 6.33. The predicted octanol–water partition coefficient (Wildman–Crippen LogP) is 4.51. The lowest BCUT2D eigenvalue weighted by molar-refractivity contribution is -0.138. The SMILES string of the molecule is C=CCOc1ccc(/C=c2\sc3n(c2=O)[C@@H](c2ccccc2)C(C(=O)OCC)=C(c2ccccc2)N=3)cc1OC. The smallest absolute Gasteiger partial charge is 0.338 e. The number of ether oxygens (including phenoxy) is 3. The fraction of sp³-hybridized carbons (Fsp3) is 0.156. The number of methoxy groups -OCH3 is 1. The highest BCUT2D eigenvalue weighted by atomic mass is 32.1. The van der Waals surface area contributed by atoms with Crippen molar-refractivity contribution in [1.82, 2.24) is 4.57 Å². The van der Waals surface area contributed by atoms with Gasteiger partial charge in [-0.25, -0.2) is 9.79 Å². The Morgan fingerprint density at radius 3 is 2.45 bits per heavy atom. The second-order valence-corrected chi connectivity index (χ2v) is 9.86. The van der Waals surface area contributed by atoms with Crippen LogP contribution in [0.4, 0.5) is 0 Å². The topological polar surface area (TPSA) is 79.1 Å². The zero-order valence-electron chi connectivity index (χ0n) is 22.2. The number of aromatic nitrogens is 1. The summed E-state index contributed by atoms with van der Waals surface area (Å²) in [6.45, 7) is 5.98. The molecule has 8 heteroatoms. The van der Waals surface area contributed by atoms with Crippen molar-refractivity contribution >= 4 is 29.1 Å². The van der Waals surface area contributed by atoms with Crippen LogP contribution in [0, 0.1) is 0 Å². The van der Waals surface area contributed by atoms with Gasteiger partial charge in [0, 0.05) is 5.56 Å². The molecule has 2 heterocycles. The zero-order valence-corrected chi connectivity index (χ0v) is 23.0. The maximum Gasteiger partial charge on any atom is 0.338 e. The van der Waals surface area contributed by atoms with E-state index in [1.165, 1.54) is 11.3 Å². The highest BCUT2D eigenvalue weighted by Gasteiger charge is 2.35. The molecule has 0 unspecified atom stereocenters. The van der Waals surface area contributed by atoms with Crippen LogP contribution < -0.4 is 24.4 Å². The molecule has 5 rings (SSSR count). The van der Waals surface area contributed by atoms with Crippen molar-refractivity contribution in [3.8, 4) is 11.5 Å². The van der Waals surface area contributed by atoms with E-state index in [1.54, 1.807) is 36.8 Å². The number of esters is 1. The minimum absolute atomic E-state index is 0.199. The zero-order chi connectivity index (χ0) is 28.1. The monoisotopic (exact) mass is 552 g/mol. The van der Waals surface area contributed by atoms with Crippen LogP contribution in [0.25, 0.3) is 11.8 Å². The Hall–Kier alpha value is -4.69. The van der Waals surface area contributed by atoms with E-state index in [4.69, 9.17) is 19.2 Å². The first-order valence-electron chi connectivity index (χ1n) is 12.8. The van der Waals surface area contributed by atoms with Gasteiger partial charge in [-0.1, -0.05) is 90.7 Å². The van der Waals surface area contributed by atoms with Gasteiger partial charge in [0.1, 0.15) is 6.61 Å². The molecule has 4 aromatic rings. The van der Waals surface area contributed by atoms with Crippen LogP contribution in [-0.4, -0.2) is 30.9 Å². The van der Waals surface area contributed by atoms with E-state index in [0.717, 1.165) is 16.7 Å². The molecule has 0 bridgehead atoms. The highest BCUT2D eigenvalue weighted by molar-refractivity contribution is 7.07. The Bertz CT molecular complexity index is 1750. The highest BCUT2D eigenvalue weighted by Crippen LogP contribution is 2.35. The normalized spacial score (nSPS) is 14.8. The molecule has 1 aliphatic heterocycles. The molecule has 0 saturated carbocycles. The van der Waals surface area contributed by atoms with Crippen molar-refractivity contribution in [1.29, 1.82) is 0 Å². The molecule has 1 aliphatic rings. The van der Waals surface area contributed by atoms with E-state index in [1.807, 2.05) is 72.8 Å². The Kier molecular flexibility index (Phi) is 8.07. The molecule has 0 aliphatic carbocycles. The second kappa shape index (κ2) is 12.0. The molecule has 0 spiro atoms. The quantitative estimate of drug-likeness (QED) is 0.226. The van der Waals surface area contributed by atoms with E-state index in [2.05, 4.69) is 6.58 Å². The molecule has 0 saturated heterocycles. The molecule has 40 heavy (non-hydrogen) atoms. The number of nitrogens with zero attached hydrogens (tertiary/aromatic N) is 2. The number of carbonyl (C=O) groups is 1. The Balaban J connectivity index is 1.74. The van der Waals surface area contributed by atoms with Gasteiger partial charge in [-0.3, -0.25) is 9.36 Å². The minimum Gasteiger partial charge on any atom is -0.493 e. The number of carbonyl (C=O) groups excluding carboxylic acids is 1. The Labute approximate surface area is 235 Å². The Morgan fingerprint density at radius 2 is 1.77 bits per heavy atom. The van der Waals surface area contributed by atoms with Gasteiger partial charge >= 0.3 is 5.97 Å². The molecule has 0 N–H and O–H groups in total. The van der Waals surface area contributed by atoms with Gasteiger partial charge in [-0.15, -0.1) is 0 Å². The first-order valence-corrected chi connectivity index (χ1v) is 13.6. The Morgan fingerprint density at radius 1 is 1.05 bits per heavy atom. The summed E-state index contributed by atoms with van der Waals surface area (Å²) < 4.78 is 18.7. The largest absolute Gasteiger partial charge is 0.493 e. The maximum atomic E-state index is 14.0. The van der Waals surface area contributed by atoms with Crippen LogP contribution in [-0.2, 0) is 9.53 Å². The number of thiazole rings is 1. The van der Waals surface area contributed by atoms with Crippen molar-refractivity contribution in [2.45, 2.75) is 13.0 Å². The summed E-state index contributed by atoms with van der Waals surface area (Å²) in [6.07, 6.45) is 3.45. The lowest BCUT2D eigenvalue weighted by Crippen LogP contribution is -2.39. The molecule has 0 amide bonds. The van der Waals surface area contributed by atoms with Crippen LogP contribution >= 0.6 is 11.3 Å². The van der Waals surface area contributed by atoms with Crippen LogP contribution in [0.5, 0.6) is 11.5 Å². The van der Waals surface area contributed by atoms with Crippen molar-refractivity contribution in [2.75, 3.05) is 20.3 Å². The standard InChI is InChI=1S/C32H28N2O5S/c1-4-18-39-24-17-16-21(19-25(24)37-3)20-26-30(35)34-29(23-14-10-7-11-15-23)27(31(36)38-5-2)28(33-32(34)40-26)22-12-8-6-9-13-22/h4,6-17,19-20,29H,1,5,18H2,2-3H3/b26-20-/t29-/m0/s1. The third kappa shape index (κ3) is 5.26. The van der Waals surface area contributed by atoms with Crippen LogP contribution in [0.1, 0.15) is 29.7 Å². The number of benzene rings is 3. The summed E-state index contributed by atoms with van der Waals surface area (Å²) in [5.74, 6) is 0.617. The van der Waals surface area contributed by atoms with Gasteiger partial charge in [0.2, 0.25) is 0 Å². The maximum absolute atomic E-state index is 14.0. The third-order valence-corrected chi connectivity index (χ3v) is 7.31. The molecule has 1 aromatic heterocycles. The first kappa shape index (κ1) is 26.9. The summed E-state index contributed by atoms with van der Waals surface area (Å²) >= 11 is 1.27. The summed E-state index contributed by atoms with van der Waals surface area (Å²) in [7, 11) is 1.57. The van der Waals surface area contributed by atoms with Gasteiger partial charge in [0.15, 0.2) is 16.3 Å². The average molecular weight is 553 g/mol. The molecule has 3 aromatic carbocycles. The fourth-order valence-electron chi connectivity index (χ4n) is 4.58. The predicted molar refractivity (Wildman–Crippen MR) is 156 cm³/mol. The molecule has 202 valence electrons. The van der Waals surface area contributed by atoms with E-state index >= 15 is 0 Å². The van der Waals surface area contributed by atoms with Crippen LogP contribution in [0.15, 0.2) is 107 Å². The van der Waals surface area contributed by atoms with Crippen molar-refractivity contribution in [3.63, 3.8) is 0 Å². The van der Waals surface area contributed by atoms with E-state index in [-0.39, 0.29) is 12.2 Å². The molecular weight excluding hydrogens is 524 g/mol. The summed E-state index contributed by atoms with van der Waals surface area (Å²) in [5, 5.41) is 0. The fourth-order valence-corrected chi connectivity index (χ4v) is 5.59. The van der Waals surface area contributed by atoms with Gasteiger partial charge < -0.3 is 14.2 Å². The number of hydrogen-bond donors (Lipinski definition) is 0. The van der Waals surface area contributed by atoms with E-state index in [0.29, 0.717) is 38.7 Å². The summed E-state index contributed by atoms with van der Waals surface area (Å²) in [4.78, 5) is 32.8. The number of fused-ring (bicyclic) bond motifs is 1. The van der Waals surface area contributed by atoms with Crippen molar-refractivity contribution in [3.05, 3.63) is 133 Å². The van der Waals surface area contributed by atoms with E-state index < -0.39 is 12.0 Å². The molecule has 1 atom stereocenters. The van der Waals surface area contributed by atoms with E-state index in [9.17, 15) is 9.59 Å². The summed E-state index contributed by atoms with van der Waals surface area (Å²) in [5.41, 5.74) is 2.88. The second-order valence-electron chi connectivity index (χ2n) is 8.85. The van der Waals surface area contributed by atoms with Gasteiger partial charge in [0.25, 0.3) is 5.56 Å². The lowest BCUT2D eigenvalue weighted by Gasteiger charge is -2.25. The molecular formula is C32H28N2O5S. The van der Waals surface area contributed by atoms with Gasteiger partial charge in [0.05, 0.1) is 35.6 Å². The summed E-state index contributed by atoms with van der Waals surface area (Å²) in [6, 6.07) is 23.7. The van der Waals surface area contributed by atoms with Gasteiger partial charge in [-0.2, -0.15) is 0 Å². The first-order chi connectivity index (χ1) is 19.5. The molecule has 0 fully saturated rings. The molecule has 7 nitrogen and oxygen atoms in total. The van der Waals surface area contributed by atoms with Gasteiger partial charge in [-0.05, 0) is 36.3 Å².